The Labute approximate surface area is 105 Å². The number of primary amides is 1. The average Bonchev–Trinajstić information content (AvgIpc) is 3.01. The van der Waals surface area contributed by atoms with E-state index in [9.17, 15) is 4.79 Å². The molecule has 0 aromatic heterocycles. The molecule has 0 aromatic carbocycles. The van der Waals surface area contributed by atoms with Crippen molar-refractivity contribution in [3.05, 3.63) is 0 Å². The molecule has 0 spiro atoms. The Morgan fingerprint density at radius 3 is 2.59 bits per heavy atom. The van der Waals surface area contributed by atoms with Crippen LogP contribution in [0.25, 0.3) is 0 Å². The van der Waals surface area contributed by atoms with E-state index in [4.69, 9.17) is 5.73 Å². The summed E-state index contributed by atoms with van der Waals surface area (Å²) in [6.45, 7) is 7.31. The van der Waals surface area contributed by atoms with Gasteiger partial charge in [-0.05, 0) is 53.1 Å². The van der Waals surface area contributed by atoms with Gasteiger partial charge < -0.3 is 16.0 Å². The number of nitrogens with zero attached hydrogens (tertiary/aromatic N) is 1. The molecule has 0 aliphatic heterocycles. The normalized spacial score (nSPS) is 21.2. The lowest BCUT2D eigenvalue weighted by Gasteiger charge is -2.34. The molecule has 4 nitrogen and oxygen atoms in total. The molecule has 1 aliphatic carbocycles. The van der Waals surface area contributed by atoms with E-state index in [1.54, 1.807) is 0 Å². The number of nitrogens with one attached hydrogen (secondary N) is 1. The zero-order chi connectivity index (χ0) is 13.1. The smallest absolute Gasteiger partial charge is 0.237 e. The summed E-state index contributed by atoms with van der Waals surface area (Å²) in [5.41, 5.74) is 4.98. The lowest BCUT2D eigenvalue weighted by atomic mass is 9.92. The minimum absolute atomic E-state index is 0.235. The van der Waals surface area contributed by atoms with Gasteiger partial charge in [0.2, 0.25) is 5.91 Å². The summed E-state index contributed by atoms with van der Waals surface area (Å²) in [5.74, 6) is -0.235. The Hall–Kier alpha value is -0.610. The topological polar surface area (TPSA) is 58.4 Å². The number of carbonyl (C=O) groups is 1. The number of nitrogens with two attached hydrogens (primary N) is 1. The van der Waals surface area contributed by atoms with Crippen molar-refractivity contribution in [3.8, 4) is 0 Å². The molecule has 1 rings (SSSR count). The largest absolute Gasteiger partial charge is 0.368 e. The molecule has 0 heterocycles. The minimum Gasteiger partial charge on any atom is -0.368 e. The first-order chi connectivity index (χ1) is 7.89. The summed E-state index contributed by atoms with van der Waals surface area (Å²) in [4.78, 5) is 13.9. The van der Waals surface area contributed by atoms with Gasteiger partial charge in [0.1, 0.15) is 0 Å². The summed E-state index contributed by atoms with van der Waals surface area (Å²) in [7, 11) is 2.10. The molecule has 17 heavy (non-hydrogen) atoms. The molecular formula is C13H27N3O. The Bertz CT molecular complexity index is 265. The van der Waals surface area contributed by atoms with Gasteiger partial charge in [0.25, 0.3) is 0 Å². The standard InChI is InChI=1S/C13H27N3O/c1-5-8-16(4)10(2)9-13(3,12(14)17)15-11-6-7-11/h10-11,15H,5-9H2,1-4H3,(H2,14,17). The SMILES string of the molecule is CCCN(C)C(C)CC(C)(NC1CC1)C(N)=O. The van der Waals surface area contributed by atoms with E-state index in [0.717, 1.165) is 19.4 Å². The van der Waals surface area contributed by atoms with Crippen LogP contribution in [-0.4, -0.2) is 42.0 Å². The molecular weight excluding hydrogens is 214 g/mol. The monoisotopic (exact) mass is 241 g/mol. The summed E-state index contributed by atoms with van der Waals surface area (Å²) in [6.07, 6.45) is 4.24. The first-order valence-electron chi connectivity index (χ1n) is 6.67. The quantitative estimate of drug-likeness (QED) is 0.669. The first kappa shape index (κ1) is 14.5. The number of carbonyl (C=O) groups excluding carboxylic acids is 1. The number of rotatable bonds is 8. The maximum Gasteiger partial charge on any atom is 0.237 e. The summed E-state index contributed by atoms with van der Waals surface area (Å²) in [5, 5.41) is 3.39. The summed E-state index contributed by atoms with van der Waals surface area (Å²) in [6, 6.07) is 0.856. The van der Waals surface area contributed by atoms with Crippen molar-refractivity contribution in [1.29, 1.82) is 0 Å². The van der Waals surface area contributed by atoms with E-state index in [1.807, 2.05) is 6.92 Å². The molecule has 0 saturated heterocycles. The van der Waals surface area contributed by atoms with Crippen LogP contribution in [0.1, 0.15) is 46.5 Å². The van der Waals surface area contributed by atoms with Crippen LogP contribution >= 0.6 is 0 Å². The lowest BCUT2D eigenvalue weighted by molar-refractivity contribution is -0.124. The lowest BCUT2D eigenvalue weighted by Crippen LogP contribution is -2.56. The number of amides is 1. The van der Waals surface area contributed by atoms with E-state index in [2.05, 4.69) is 31.1 Å². The molecule has 1 amide bonds. The van der Waals surface area contributed by atoms with Gasteiger partial charge in [0.05, 0.1) is 5.54 Å². The van der Waals surface area contributed by atoms with Crippen LogP contribution < -0.4 is 11.1 Å². The van der Waals surface area contributed by atoms with Gasteiger partial charge in [-0.2, -0.15) is 0 Å². The van der Waals surface area contributed by atoms with Gasteiger partial charge in [-0.1, -0.05) is 6.92 Å². The van der Waals surface area contributed by atoms with Crippen molar-refractivity contribution in [2.24, 2.45) is 5.73 Å². The van der Waals surface area contributed by atoms with Gasteiger partial charge in [-0.3, -0.25) is 4.79 Å². The predicted molar refractivity (Wildman–Crippen MR) is 70.8 cm³/mol. The van der Waals surface area contributed by atoms with Crippen LogP contribution in [0.5, 0.6) is 0 Å². The van der Waals surface area contributed by atoms with Crippen LogP contribution in [-0.2, 0) is 4.79 Å². The van der Waals surface area contributed by atoms with Crippen molar-refractivity contribution in [3.63, 3.8) is 0 Å². The molecule has 1 fully saturated rings. The van der Waals surface area contributed by atoms with Gasteiger partial charge >= 0.3 is 0 Å². The Balaban J connectivity index is 2.55. The van der Waals surface area contributed by atoms with Gasteiger partial charge in [0, 0.05) is 12.1 Å². The molecule has 100 valence electrons. The number of hydrogen-bond donors (Lipinski definition) is 2. The van der Waals surface area contributed by atoms with Crippen molar-refractivity contribution < 1.29 is 4.79 Å². The molecule has 1 aliphatic rings. The molecule has 3 N–H and O–H groups in total. The molecule has 0 radical (unpaired) electrons. The molecule has 2 unspecified atom stereocenters. The highest BCUT2D eigenvalue weighted by atomic mass is 16.1. The summed E-state index contributed by atoms with van der Waals surface area (Å²) < 4.78 is 0. The van der Waals surface area contributed by atoms with E-state index < -0.39 is 5.54 Å². The highest BCUT2D eigenvalue weighted by Gasteiger charge is 2.38. The average molecular weight is 241 g/mol. The van der Waals surface area contributed by atoms with E-state index in [0.29, 0.717) is 12.1 Å². The van der Waals surface area contributed by atoms with E-state index in [1.165, 1.54) is 12.8 Å². The molecule has 1 saturated carbocycles. The van der Waals surface area contributed by atoms with Gasteiger partial charge in [0.15, 0.2) is 0 Å². The maximum absolute atomic E-state index is 11.6. The van der Waals surface area contributed by atoms with Gasteiger partial charge in [-0.25, -0.2) is 0 Å². The van der Waals surface area contributed by atoms with Crippen LogP contribution in [0.4, 0.5) is 0 Å². The van der Waals surface area contributed by atoms with Crippen molar-refractivity contribution in [2.45, 2.75) is 64.1 Å². The Morgan fingerprint density at radius 2 is 2.18 bits per heavy atom. The maximum atomic E-state index is 11.6. The second-order valence-corrected chi connectivity index (χ2v) is 5.65. The van der Waals surface area contributed by atoms with Crippen LogP contribution in [0, 0.1) is 0 Å². The van der Waals surface area contributed by atoms with Crippen molar-refractivity contribution in [2.75, 3.05) is 13.6 Å². The third kappa shape index (κ3) is 4.28. The molecule has 0 bridgehead atoms. The Morgan fingerprint density at radius 1 is 1.59 bits per heavy atom. The second kappa shape index (κ2) is 5.83. The first-order valence-corrected chi connectivity index (χ1v) is 6.67. The highest BCUT2D eigenvalue weighted by Crippen LogP contribution is 2.25. The zero-order valence-electron chi connectivity index (χ0n) is 11.6. The highest BCUT2D eigenvalue weighted by molar-refractivity contribution is 5.84. The third-order valence-electron chi connectivity index (χ3n) is 3.68. The fourth-order valence-electron chi connectivity index (χ4n) is 2.23. The fourth-order valence-corrected chi connectivity index (χ4v) is 2.23. The van der Waals surface area contributed by atoms with E-state index >= 15 is 0 Å². The van der Waals surface area contributed by atoms with Crippen LogP contribution in [0.3, 0.4) is 0 Å². The number of hydrogen-bond acceptors (Lipinski definition) is 3. The van der Waals surface area contributed by atoms with Crippen molar-refractivity contribution >= 4 is 5.91 Å². The Kier molecular flexibility index (Phi) is 4.95. The van der Waals surface area contributed by atoms with Gasteiger partial charge in [-0.15, -0.1) is 0 Å². The van der Waals surface area contributed by atoms with Crippen LogP contribution in [0.2, 0.25) is 0 Å². The van der Waals surface area contributed by atoms with Crippen LogP contribution in [0.15, 0.2) is 0 Å². The zero-order valence-corrected chi connectivity index (χ0v) is 11.6. The minimum atomic E-state index is -0.567. The van der Waals surface area contributed by atoms with Crippen molar-refractivity contribution in [1.82, 2.24) is 10.2 Å². The second-order valence-electron chi connectivity index (χ2n) is 5.65. The molecule has 4 heteroatoms. The predicted octanol–water partition coefficient (Wildman–Crippen LogP) is 1.10. The fraction of sp³-hybridized carbons (Fsp3) is 0.923. The molecule has 0 aromatic rings. The molecule has 2 atom stereocenters. The van der Waals surface area contributed by atoms with E-state index in [-0.39, 0.29) is 5.91 Å². The summed E-state index contributed by atoms with van der Waals surface area (Å²) >= 11 is 0. The third-order valence-corrected chi connectivity index (χ3v) is 3.68.